The van der Waals surface area contributed by atoms with E-state index in [4.69, 9.17) is 0 Å². The summed E-state index contributed by atoms with van der Waals surface area (Å²) in [7, 11) is 0. The van der Waals surface area contributed by atoms with E-state index in [1.807, 2.05) is 0 Å². The Hall–Kier alpha value is -1.07. The van der Waals surface area contributed by atoms with Crippen molar-refractivity contribution in [1.82, 2.24) is 0 Å². The highest BCUT2D eigenvalue weighted by atomic mass is 19.4. The lowest BCUT2D eigenvalue weighted by Crippen LogP contribution is -2.53. The van der Waals surface area contributed by atoms with Crippen molar-refractivity contribution in [2.24, 2.45) is 0 Å². The van der Waals surface area contributed by atoms with Crippen LogP contribution in [-0.2, 0) is 4.74 Å². The normalized spacial score (nSPS) is 16.0. The van der Waals surface area contributed by atoms with E-state index in [0.29, 0.717) is 0 Å². The SMILES string of the molecule is CCCOC(F)(F)C(F)=C(F)C(F)(F)C(F)(F)C(F)(F)F. The summed E-state index contributed by atoms with van der Waals surface area (Å²) in [6.45, 7) is 0.204. The molecule has 0 atom stereocenters. The molecule has 0 fully saturated rings. The third-order valence-electron chi connectivity index (χ3n) is 1.96. The molecule has 0 aromatic heterocycles. The Kier molecular flexibility index (Phi) is 5.67. The fourth-order valence-corrected chi connectivity index (χ4v) is 0.875. The maximum atomic E-state index is 12.8. The maximum Gasteiger partial charge on any atom is 0.460 e. The Morgan fingerprint density at radius 3 is 1.57 bits per heavy atom. The molecule has 0 aromatic carbocycles. The van der Waals surface area contributed by atoms with Gasteiger partial charge < -0.3 is 4.74 Å². The maximum absolute atomic E-state index is 12.8. The first kappa shape index (κ1) is 19.9. The van der Waals surface area contributed by atoms with Crippen molar-refractivity contribution in [2.45, 2.75) is 37.5 Å². The van der Waals surface area contributed by atoms with E-state index in [2.05, 4.69) is 4.74 Å². The van der Waals surface area contributed by atoms with Crippen LogP contribution in [0.5, 0.6) is 0 Å². The number of halogens is 11. The molecular weight excluding hydrogens is 333 g/mol. The Bertz CT molecular complexity index is 395. The predicted octanol–water partition coefficient (Wildman–Crippen LogP) is 4.99. The average molecular weight is 340 g/mol. The number of hydrogen-bond donors (Lipinski definition) is 0. The van der Waals surface area contributed by atoms with Crippen LogP contribution in [0.4, 0.5) is 48.3 Å². The minimum atomic E-state index is -7.09. The van der Waals surface area contributed by atoms with E-state index >= 15 is 0 Å². The monoisotopic (exact) mass is 340 g/mol. The lowest BCUT2D eigenvalue weighted by molar-refractivity contribution is -0.349. The Balaban J connectivity index is 5.75. The van der Waals surface area contributed by atoms with Gasteiger partial charge in [0.2, 0.25) is 11.7 Å². The van der Waals surface area contributed by atoms with Gasteiger partial charge in [-0.1, -0.05) is 6.92 Å². The summed E-state index contributed by atoms with van der Waals surface area (Å²) in [6, 6.07) is 0. The van der Waals surface area contributed by atoms with E-state index in [1.165, 1.54) is 6.92 Å². The molecule has 0 heterocycles. The van der Waals surface area contributed by atoms with Crippen molar-refractivity contribution in [3.05, 3.63) is 11.7 Å². The molecule has 21 heavy (non-hydrogen) atoms. The van der Waals surface area contributed by atoms with Gasteiger partial charge in [-0.25, -0.2) is 4.39 Å². The van der Waals surface area contributed by atoms with Gasteiger partial charge in [0.25, 0.3) is 0 Å². The topological polar surface area (TPSA) is 9.23 Å². The van der Waals surface area contributed by atoms with Crippen molar-refractivity contribution in [3.8, 4) is 0 Å². The van der Waals surface area contributed by atoms with E-state index in [0.717, 1.165) is 0 Å². The van der Waals surface area contributed by atoms with Crippen LogP contribution in [0.25, 0.3) is 0 Å². The molecule has 126 valence electrons. The summed E-state index contributed by atoms with van der Waals surface area (Å²) in [5.41, 5.74) is 0. The molecule has 0 aliphatic heterocycles. The zero-order valence-electron chi connectivity index (χ0n) is 9.98. The molecule has 0 aromatic rings. The number of rotatable bonds is 6. The first-order chi connectivity index (χ1) is 9.13. The van der Waals surface area contributed by atoms with Crippen LogP contribution < -0.4 is 0 Å². The van der Waals surface area contributed by atoms with Gasteiger partial charge in [0.05, 0.1) is 6.61 Å². The van der Waals surface area contributed by atoms with Gasteiger partial charge in [0.15, 0.2) is 0 Å². The van der Waals surface area contributed by atoms with Gasteiger partial charge >= 0.3 is 24.1 Å². The van der Waals surface area contributed by atoms with Gasteiger partial charge in [-0.05, 0) is 6.42 Å². The molecule has 1 nitrogen and oxygen atoms in total. The van der Waals surface area contributed by atoms with Crippen LogP contribution >= 0.6 is 0 Å². The summed E-state index contributed by atoms with van der Waals surface area (Å²) in [6.07, 6.45) is -12.6. The largest absolute Gasteiger partial charge is 0.460 e. The van der Waals surface area contributed by atoms with Gasteiger partial charge in [-0.3, -0.25) is 0 Å². The highest BCUT2D eigenvalue weighted by molar-refractivity contribution is 5.19. The quantitative estimate of drug-likeness (QED) is 0.619. The van der Waals surface area contributed by atoms with E-state index in [1.54, 1.807) is 0 Å². The molecule has 0 N–H and O–H groups in total. The molecule has 0 saturated heterocycles. The van der Waals surface area contributed by atoms with Crippen molar-refractivity contribution < 1.29 is 53.0 Å². The standard InChI is InChI=1S/C9H7F11O/c1-2-3-21-7(14,15)5(11)4(10)6(12,13)8(16,17)9(18,19)20/h2-3H2,1H3. The van der Waals surface area contributed by atoms with Crippen LogP contribution in [0.15, 0.2) is 11.7 Å². The number of allylic oxidation sites excluding steroid dienone is 1. The minimum Gasteiger partial charge on any atom is -0.315 e. The lowest BCUT2D eigenvalue weighted by atomic mass is 10.1. The second-order valence-corrected chi connectivity index (χ2v) is 3.64. The third-order valence-corrected chi connectivity index (χ3v) is 1.96. The second-order valence-electron chi connectivity index (χ2n) is 3.64. The van der Waals surface area contributed by atoms with Crippen LogP contribution in [-0.4, -0.2) is 30.7 Å². The Morgan fingerprint density at radius 2 is 1.24 bits per heavy atom. The van der Waals surface area contributed by atoms with E-state index < -0.39 is 42.4 Å². The minimum absolute atomic E-state index is 0.223. The van der Waals surface area contributed by atoms with Gasteiger partial charge in [0.1, 0.15) is 0 Å². The van der Waals surface area contributed by atoms with Crippen molar-refractivity contribution in [1.29, 1.82) is 0 Å². The summed E-state index contributed by atoms with van der Waals surface area (Å²) in [5.74, 6) is -22.1. The van der Waals surface area contributed by atoms with Crippen molar-refractivity contribution >= 4 is 0 Å². The molecular formula is C9H7F11O. The highest BCUT2D eigenvalue weighted by Crippen LogP contribution is 2.52. The van der Waals surface area contributed by atoms with Gasteiger partial charge in [-0.15, -0.1) is 0 Å². The fraction of sp³-hybridized carbons (Fsp3) is 0.778. The summed E-state index contributed by atoms with van der Waals surface area (Å²) < 4.78 is 139. The number of alkyl halides is 9. The number of ether oxygens (including phenoxy) is 1. The van der Waals surface area contributed by atoms with Gasteiger partial charge in [0, 0.05) is 0 Å². The molecule has 0 spiro atoms. The molecule has 0 unspecified atom stereocenters. The van der Waals surface area contributed by atoms with Crippen LogP contribution in [0.3, 0.4) is 0 Å². The number of hydrogen-bond acceptors (Lipinski definition) is 1. The Morgan fingerprint density at radius 1 is 0.810 bits per heavy atom. The molecule has 0 amide bonds. The zero-order chi connectivity index (χ0) is 17.3. The van der Waals surface area contributed by atoms with E-state index in [9.17, 15) is 48.3 Å². The van der Waals surface area contributed by atoms with Crippen LogP contribution in [0.2, 0.25) is 0 Å². The molecule has 0 bridgehead atoms. The van der Waals surface area contributed by atoms with Crippen LogP contribution in [0.1, 0.15) is 13.3 Å². The molecule has 0 radical (unpaired) electrons. The first-order valence-electron chi connectivity index (χ1n) is 5.03. The van der Waals surface area contributed by atoms with Crippen molar-refractivity contribution in [2.75, 3.05) is 6.61 Å². The van der Waals surface area contributed by atoms with Crippen molar-refractivity contribution in [3.63, 3.8) is 0 Å². The average Bonchev–Trinajstić information content (AvgIpc) is 2.32. The summed E-state index contributed by atoms with van der Waals surface area (Å²) in [4.78, 5) is 0. The Labute approximate surface area is 110 Å². The smallest absolute Gasteiger partial charge is 0.315 e. The summed E-state index contributed by atoms with van der Waals surface area (Å²) in [5, 5.41) is 0. The molecule has 0 rings (SSSR count). The molecule has 12 heteroatoms. The second kappa shape index (κ2) is 5.97. The first-order valence-corrected chi connectivity index (χ1v) is 5.03. The van der Waals surface area contributed by atoms with Gasteiger partial charge in [-0.2, -0.15) is 43.9 Å². The predicted molar refractivity (Wildman–Crippen MR) is 46.4 cm³/mol. The lowest BCUT2D eigenvalue weighted by Gasteiger charge is -2.27. The van der Waals surface area contributed by atoms with Crippen LogP contribution in [0, 0.1) is 0 Å². The molecule has 0 aliphatic carbocycles. The highest BCUT2D eigenvalue weighted by Gasteiger charge is 2.76. The fourth-order valence-electron chi connectivity index (χ4n) is 0.875. The molecule has 0 aliphatic rings. The zero-order valence-corrected chi connectivity index (χ0v) is 9.98. The summed E-state index contributed by atoms with van der Waals surface area (Å²) >= 11 is 0. The third kappa shape index (κ3) is 3.77. The van der Waals surface area contributed by atoms with E-state index in [-0.39, 0.29) is 6.42 Å². The molecule has 0 saturated carbocycles.